The van der Waals surface area contributed by atoms with E-state index in [1.165, 1.54) is 11.8 Å². The number of hydrogen-bond donors (Lipinski definition) is 2. The number of thiol groups is 1. The number of methoxy groups -OCH3 is 1. The van der Waals surface area contributed by atoms with Gasteiger partial charge in [-0.05, 0) is 23.4 Å². The Hall–Kier alpha value is -2.41. The molecular formula is C18H21N3O4S2. The highest BCUT2D eigenvalue weighted by atomic mass is 32.2. The zero-order valence-corrected chi connectivity index (χ0v) is 16.8. The summed E-state index contributed by atoms with van der Waals surface area (Å²) in [5.41, 5.74) is 6.45. The Kier molecular flexibility index (Phi) is 10.8. The third-order valence-electron chi connectivity index (χ3n) is 3.22. The van der Waals surface area contributed by atoms with Gasteiger partial charge in [-0.2, -0.15) is 5.26 Å². The second-order valence-electron chi connectivity index (χ2n) is 4.91. The Labute approximate surface area is 168 Å². The van der Waals surface area contributed by atoms with Gasteiger partial charge in [0.2, 0.25) is 12.3 Å². The highest BCUT2D eigenvalue weighted by Crippen LogP contribution is 2.27. The van der Waals surface area contributed by atoms with E-state index in [2.05, 4.69) is 29.7 Å². The highest BCUT2D eigenvalue weighted by Gasteiger charge is 2.13. The number of nitrogens with two attached hydrogens (primary N) is 1. The van der Waals surface area contributed by atoms with E-state index in [4.69, 9.17) is 18.5 Å². The van der Waals surface area contributed by atoms with Crippen LogP contribution in [0.3, 0.4) is 0 Å². The van der Waals surface area contributed by atoms with Gasteiger partial charge in [-0.3, -0.25) is 4.79 Å². The zero-order chi connectivity index (χ0) is 20.1. The highest BCUT2D eigenvalue weighted by molar-refractivity contribution is 7.99. The molecule has 2 rings (SSSR count). The minimum absolute atomic E-state index is 0.250. The van der Waals surface area contributed by atoms with Crippen LogP contribution < -0.4 is 14.7 Å². The molecular weight excluding hydrogens is 386 g/mol. The summed E-state index contributed by atoms with van der Waals surface area (Å²) < 4.78 is 15.8. The first-order valence-electron chi connectivity index (χ1n) is 7.87. The molecule has 0 fully saturated rings. The van der Waals surface area contributed by atoms with Crippen LogP contribution in [0.15, 0.2) is 35.4 Å². The average Bonchev–Trinajstić information content (AvgIpc) is 2.69. The monoisotopic (exact) mass is 407 g/mol. The summed E-state index contributed by atoms with van der Waals surface area (Å²) in [4.78, 5) is 12.9. The topological polar surface area (TPSA) is 107 Å². The Bertz CT molecular complexity index is 764. The van der Waals surface area contributed by atoms with Gasteiger partial charge in [-0.25, -0.2) is 4.98 Å². The fourth-order valence-corrected chi connectivity index (χ4v) is 2.91. The third-order valence-corrected chi connectivity index (χ3v) is 4.26. The molecule has 1 amide bonds. The molecule has 0 aliphatic heterocycles. The molecule has 27 heavy (non-hydrogen) atoms. The predicted octanol–water partition coefficient (Wildman–Crippen LogP) is 3.12. The quantitative estimate of drug-likeness (QED) is 0.300. The molecule has 0 aliphatic carbocycles. The number of carbonyl (C=O) groups is 1. The van der Waals surface area contributed by atoms with Crippen molar-refractivity contribution >= 4 is 31.1 Å². The number of ether oxygens (including phenoxy) is 2. The molecule has 0 atom stereocenters. The minimum Gasteiger partial charge on any atom is -0.497 e. The molecule has 0 unspecified atom stereocenters. The summed E-state index contributed by atoms with van der Waals surface area (Å²) in [7, 11) is 1.63. The van der Waals surface area contributed by atoms with Crippen molar-refractivity contribution in [3.05, 3.63) is 47.0 Å². The number of nitriles is 1. The minimum atomic E-state index is 0.250. The first kappa shape index (κ1) is 22.6. The van der Waals surface area contributed by atoms with Crippen LogP contribution in [0, 0.1) is 11.3 Å². The lowest BCUT2D eigenvalue weighted by Crippen LogP contribution is -2.01. The van der Waals surface area contributed by atoms with Crippen molar-refractivity contribution in [1.82, 2.24) is 4.98 Å². The van der Waals surface area contributed by atoms with Gasteiger partial charge >= 0.3 is 0 Å². The smallest absolute Gasteiger partial charge is 0.228 e. The Morgan fingerprint density at radius 2 is 2.00 bits per heavy atom. The number of aromatic nitrogens is 1. The molecule has 144 valence electrons. The maximum Gasteiger partial charge on any atom is 0.228 e. The van der Waals surface area contributed by atoms with E-state index in [0.717, 1.165) is 22.6 Å². The van der Waals surface area contributed by atoms with Gasteiger partial charge in [-0.1, -0.05) is 19.1 Å². The van der Waals surface area contributed by atoms with E-state index in [0.29, 0.717) is 29.7 Å². The molecule has 0 bridgehead atoms. The molecule has 0 saturated heterocycles. The van der Waals surface area contributed by atoms with Crippen molar-refractivity contribution < 1.29 is 18.5 Å². The standard InChI is InChI=1S/C17H18N2O3S2.CH3NO/c1-3-24-17-15(9-18)13(8-16(19-17)22-23)11-21-10-12-4-6-14(20-2)7-5-12;2-1-3/h4-8,23H,3,10-11H2,1-2H3;1H,(H2,2,3). The summed E-state index contributed by atoms with van der Waals surface area (Å²) in [6.45, 7) is 2.73. The van der Waals surface area contributed by atoms with Crippen LogP contribution in [0.2, 0.25) is 0 Å². The lowest BCUT2D eigenvalue weighted by molar-refractivity contribution is -0.106. The second-order valence-corrected chi connectivity index (χ2v) is 6.35. The number of carbonyl (C=O) groups excluding carboxylic acids is 1. The van der Waals surface area contributed by atoms with Crippen molar-refractivity contribution in [1.29, 1.82) is 5.26 Å². The fraction of sp³-hybridized carbons (Fsp3) is 0.278. The SMILES string of the molecule is CCSc1nc(OS)cc(COCc2ccc(OC)cc2)c1C#N.NC=O. The van der Waals surface area contributed by atoms with E-state index < -0.39 is 0 Å². The van der Waals surface area contributed by atoms with E-state index >= 15 is 0 Å². The molecule has 1 aromatic heterocycles. The molecule has 1 aromatic carbocycles. The van der Waals surface area contributed by atoms with Crippen LogP contribution in [0.4, 0.5) is 0 Å². The van der Waals surface area contributed by atoms with Crippen LogP contribution in [0.1, 0.15) is 23.6 Å². The molecule has 2 aromatic rings. The van der Waals surface area contributed by atoms with Crippen molar-refractivity contribution in [3.8, 4) is 17.7 Å². The molecule has 0 aliphatic rings. The van der Waals surface area contributed by atoms with Crippen molar-refractivity contribution in [3.63, 3.8) is 0 Å². The van der Waals surface area contributed by atoms with Crippen molar-refractivity contribution in [2.75, 3.05) is 12.9 Å². The number of amides is 1. The first-order chi connectivity index (χ1) is 13.1. The second kappa shape index (κ2) is 12.9. The first-order valence-corrected chi connectivity index (χ1v) is 9.22. The summed E-state index contributed by atoms with van der Waals surface area (Å²) in [5, 5.41) is 10.1. The zero-order valence-electron chi connectivity index (χ0n) is 15.0. The van der Waals surface area contributed by atoms with Crippen molar-refractivity contribution in [2.45, 2.75) is 25.2 Å². The number of primary amides is 1. The molecule has 7 nitrogen and oxygen atoms in total. The Morgan fingerprint density at radius 1 is 1.33 bits per heavy atom. The molecule has 1 heterocycles. The number of nitrogens with zero attached hydrogens (tertiary/aromatic N) is 2. The summed E-state index contributed by atoms with van der Waals surface area (Å²) in [6.07, 6.45) is 0.250. The summed E-state index contributed by atoms with van der Waals surface area (Å²) in [6, 6.07) is 11.5. The van der Waals surface area contributed by atoms with E-state index in [-0.39, 0.29) is 6.41 Å². The number of thioether (sulfide) groups is 1. The fourth-order valence-electron chi connectivity index (χ4n) is 2.07. The predicted molar refractivity (Wildman–Crippen MR) is 107 cm³/mol. The van der Waals surface area contributed by atoms with Crippen LogP contribution in [0.25, 0.3) is 0 Å². The summed E-state index contributed by atoms with van der Waals surface area (Å²) in [5.74, 6) is 1.97. The van der Waals surface area contributed by atoms with E-state index in [1.807, 2.05) is 31.2 Å². The molecule has 2 N–H and O–H groups in total. The van der Waals surface area contributed by atoms with Crippen molar-refractivity contribution in [2.24, 2.45) is 5.73 Å². The molecule has 0 spiro atoms. The number of pyridine rings is 1. The maximum absolute atomic E-state index is 9.43. The third kappa shape index (κ3) is 7.38. The van der Waals surface area contributed by atoms with Gasteiger partial charge in [0.25, 0.3) is 0 Å². The van der Waals surface area contributed by atoms with Crippen LogP contribution in [-0.4, -0.2) is 24.3 Å². The van der Waals surface area contributed by atoms with Gasteiger partial charge in [0.1, 0.15) is 16.8 Å². The van der Waals surface area contributed by atoms with Gasteiger partial charge in [-0.15, -0.1) is 11.8 Å². The molecule has 0 radical (unpaired) electrons. The molecule has 9 heteroatoms. The number of hydrogen-bond acceptors (Lipinski definition) is 8. The maximum atomic E-state index is 9.43. The van der Waals surface area contributed by atoms with Crippen LogP contribution in [-0.2, 0) is 22.7 Å². The number of rotatable bonds is 8. The largest absolute Gasteiger partial charge is 0.497 e. The lowest BCUT2D eigenvalue weighted by atomic mass is 10.1. The van der Waals surface area contributed by atoms with Gasteiger partial charge in [0.05, 0.1) is 25.9 Å². The van der Waals surface area contributed by atoms with Gasteiger partial charge in [0, 0.05) is 24.5 Å². The van der Waals surface area contributed by atoms with E-state index in [9.17, 15) is 5.26 Å². The lowest BCUT2D eigenvalue weighted by Gasteiger charge is -2.11. The Balaban J connectivity index is 0.00000114. The molecule has 0 saturated carbocycles. The van der Waals surface area contributed by atoms with Gasteiger partial charge in [0.15, 0.2) is 0 Å². The van der Waals surface area contributed by atoms with Crippen LogP contribution >= 0.6 is 24.7 Å². The summed E-state index contributed by atoms with van der Waals surface area (Å²) >= 11 is 5.28. The Morgan fingerprint density at radius 3 is 2.52 bits per heavy atom. The average molecular weight is 408 g/mol. The van der Waals surface area contributed by atoms with E-state index in [1.54, 1.807) is 13.2 Å². The number of benzene rings is 1. The van der Waals surface area contributed by atoms with Crippen LogP contribution in [0.5, 0.6) is 11.6 Å². The van der Waals surface area contributed by atoms with Gasteiger partial charge < -0.3 is 19.4 Å². The normalized spacial score (nSPS) is 9.56.